The second-order valence-corrected chi connectivity index (χ2v) is 6.48. The van der Waals surface area contributed by atoms with Crippen molar-refractivity contribution in [3.8, 4) is 0 Å². The number of halogens is 1. The molecule has 3 rings (SSSR count). The molecule has 0 unspecified atom stereocenters. The summed E-state index contributed by atoms with van der Waals surface area (Å²) >= 11 is 0. The zero-order chi connectivity index (χ0) is 17.5. The van der Waals surface area contributed by atoms with E-state index in [1.807, 2.05) is 0 Å². The fraction of sp³-hybridized carbons (Fsp3) is 0.381. The van der Waals surface area contributed by atoms with Gasteiger partial charge in [-0.2, -0.15) is 0 Å². The predicted octanol–water partition coefficient (Wildman–Crippen LogP) is 3.94. The molecule has 1 heterocycles. The van der Waals surface area contributed by atoms with Gasteiger partial charge in [-0.05, 0) is 42.8 Å². The van der Waals surface area contributed by atoms with Gasteiger partial charge in [-0.25, -0.2) is 0 Å². The molecule has 0 radical (unpaired) electrons. The van der Waals surface area contributed by atoms with Crippen LogP contribution in [0.3, 0.4) is 0 Å². The van der Waals surface area contributed by atoms with Crippen LogP contribution in [0.15, 0.2) is 59.6 Å². The molecule has 1 aliphatic rings. The summed E-state index contributed by atoms with van der Waals surface area (Å²) in [5.74, 6) is 0.647. The lowest BCUT2D eigenvalue weighted by molar-refractivity contribution is 0.653. The maximum atomic E-state index is 6.08. The molecule has 2 aromatic rings. The highest BCUT2D eigenvalue weighted by Crippen LogP contribution is 2.20. The molecule has 2 N–H and O–H groups in total. The van der Waals surface area contributed by atoms with E-state index in [2.05, 4.69) is 76.3 Å². The van der Waals surface area contributed by atoms with Gasteiger partial charge in [-0.1, -0.05) is 31.5 Å². The molecule has 140 valence electrons. The number of rotatable bonds is 6. The minimum absolute atomic E-state index is 0. The highest BCUT2D eigenvalue weighted by molar-refractivity contribution is 5.97. The van der Waals surface area contributed by atoms with Crippen molar-refractivity contribution in [2.24, 2.45) is 10.7 Å². The van der Waals surface area contributed by atoms with Crippen LogP contribution in [0.4, 0.5) is 11.4 Å². The fourth-order valence-corrected chi connectivity index (χ4v) is 3.15. The van der Waals surface area contributed by atoms with Gasteiger partial charge in [-0.3, -0.25) is 4.99 Å². The molecule has 0 atom stereocenters. The van der Waals surface area contributed by atoms with Crippen LogP contribution < -0.4 is 15.5 Å². The molecule has 0 amide bonds. The molecule has 1 saturated heterocycles. The van der Waals surface area contributed by atoms with Crippen molar-refractivity contribution < 1.29 is 0 Å². The Balaban J connectivity index is 0.00000243. The van der Waals surface area contributed by atoms with Gasteiger partial charge >= 0.3 is 0 Å². The first-order valence-electron chi connectivity index (χ1n) is 9.23. The zero-order valence-corrected chi connectivity index (χ0v) is 16.3. The molecule has 0 bridgehead atoms. The first kappa shape index (κ1) is 20.1. The summed E-state index contributed by atoms with van der Waals surface area (Å²) in [6, 6.07) is 19.1. The van der Waals surface area contributed by atoms with Crippen LogP contribution in [-0.2, 0) is 0 Å². The molecular weight excluding hydrogens is 344 g/mol. The third-order valence-corrected chi connectivity index (χ3v) is 4.72. The largest absolute Gasteiger partial charge is 0.384 e. The summed E-state index contributed by atoms with van der Waals surface area (Å²) in [4.78, 5) is 9.33. The van der Waals surface area contributed by atoms with E-state index in [0.717, 1.165) is 51.1 Å². The fourth-order valence-electron chi connectivity index (χ4n) is 3.15. The molecule has 0 aromatic heterocycles. The summed E-state index contributed by atoms with van der Waals surface area (Å²) in [7, 11) is 0. The Labute approximate surface area is 163 Å². The molecule has 5 heteroatoms. The Bertz CT molecular complexity index is 677. The van der Waals surface area contributed by atoms with Crippen molar-refractivity contribution in [1.29, 1.82) is 0 Å². The third kappa shape index (κ3) is 5.15. The van der Waals surface area contributed by atoms with Crippen LogP contribution in [0.5, 0.6) is 0 Å². The van der Waals surface area contributed by atoms with Gasteiger partial charge in [0.25, 0.3) is 0 Å². The Hall–Kier alpha value is -2.20. The van der Waals surface area contributed by atoms with Gasteiger partial charge in [0.15, 0.2) is 0 Å². The van der Waals surface area contributed by atoms with Gasteiger partial charge in [0.2, 0.25) is 0 Å². The maximum absolute atomic E-state index is 6.08. The highest BCUT2D eigenvalue weighted by Gasteiger charge is 2.17. The lowest BCUT2D eigenvalue weighted by Crippen LogP contribution is -2.46. The van der Waals surface area contributed by atoms with Gasteiger partial charge in [-0.15, -0.1) is 12.4 Å². The molecule has 0 aliphatic carbocycles. The molecule has 0 saturated carbocycles. The van der Waals surface area contributed by atoms with Crippen LogP contribution in [0.25, 0.3) is 0 Å². The van der Waals surface area contributed by atoms with E-state index >= 15 is 0 Å². The average Bonchev–Trinajstić information content (AvgIpc) is 2.69. The normalized spacial score (nSPS) is 14.9. The van der Waals surface area contributed by atoms with Crippen LogP contribution in [0.2, 0.25) is 0 Å². The minimum Gasteiger partial charge on any atom is -0.384 e. The van der Waals surface area contributed by atoms with Gasteiger partial charge in [0.1, 0.15) is 5.84 Å². The van der Waals surface area contributed by atoms with E-state index in [1.165, 1.54) is 11.4 Å². The van der Waals surface area contributed by atoms with Gasteiger partial charge < -0.3 is 15.5 Å². The van der Waals surface area contributed by atoms with Crippen LogP contribution in [-0.4, -0.2) is 38.6 Å². The summed E-state index contributed by atoms with van der Waals surface area (Å²) < 4.78 is 0. The van der Waals surface area contributed by atoms with Crippen molar-refractivity contribution >= 4 is 29.6 Å². The quantitative estimate of drug-likeness (QED) is 0.474. The Morgan fingerprint density at radius 1 is 0.885 bits per heavy atom. The van der Waals surface area contributed by atoms with E-state index < -0.39 is 0 Å². The van der Waals surface area contributed by atoms with E-state index in [1.54, 1.807) is 0 Å². The second-order valence-electron chi connectivity index (χ2n) is 6.48. The number of hydrogen-bond donors (Lipinski definition) is 1. The number of hydrogen-bond acceptors (Lipinski definition) is 3. The average molecular weight is 373 g/mol. The SMILES string of the molecule is CCCCN=C(N)c1ccc(N2CCN(c3ccccc3)CC2)cc1.Cl. The molecule has 1 fully saturated rings. The molecule has 4 nitrogen and oxygen atoms in total. The standard InChI is InChI=1S/C21H28N4.ClH/c1-2-3-13-23-21(22)18-9-11-20(12-10-18)25-16-14-24(15-17-25)19-7-5-4-6-8-19;/h4-12H,2-3,13-17H2,1H3,(H2,22,23);1H. The first-order valence-corrected chi connectivity index (χ1v) is 9.23. The summed E-state index contributed by atoms with van der Waals surface area (Å²) in [6.45, 7) is 7.14. The summed E-state index contributed by atoms with van der Waals surface area (Å²) in [5, 5.41) is 0. The number of nitrogens with two attached hydrogens (primary N) is 1. The van der Waals surface area contributed by atoms with E-state index in [-0.39, 0.29) is 12.4 Å². The Kier molecular flexibility index (Phi) is 7.79. The zero-order valence-electron chi connectivity index (χ0n) is 15.5. The van der Waals surface area contributed by atoms with Crippen molar-refractivity contribution in [2.75, 3.05) is 42.5 Å². The first-order chi connectivity index (χ1) is 12.3. The highest BCUT2D eigenvalue weighted by atomic mass is 35.5. The smallest absolute Gasteiger partial charge is 0.125 e. The number of aliphatic imine (C=N–C) groups is 1. The molecule has 0 spiro atoms. The van der Waals surface area contributed by atoms with Gasteiger partial charge in [0.05, 0.1) is 0 Å². The summed E-state index contributed by atoms with van der Waals surface area (Å²) in [6.07, 6.45) is 2.23. The number of amidine groups is 1. The predicted molar refractivity (Wildman–Crippen MR) is 115 cm³/mol. The lowest BCUT2D eigenvalue weighted by Gasteiger charge is -2.37. The second kappa shape index (κ2) is 10.1. The molecule has 1 aliphatic heterocycles. The third-order valence-electron chi connectivity index (χ3n) is 4.72. The van der Waals surface area contributed by atoms with Crippen LogP contribution >= 0.6 is 12.4 Å². The summed E-state index contributed by atoms with van der Waals surface area (Å²) in [5.41, 5.74) is 9.67. The number of anilines is 2. The maximum Gasteiger partial charge on any atom is 0.125 e. The van der Waals surface area contributed by atoms with Crippen molar-refractivity contribution in [2.45, 2.75) is 19.8 Å². The number of unbranched alkanes of at least 4 members (excludes halogenated alkanes) is 1. The lowest BCUT2D eigenvalue weighted by atomic mass is 10.1. The minimum atomic E-state index is 0. The number of piperazine rings is 1. The van der Waals surface area contributed by atoms with Crippen LogP contribution in [0, 0.1) is 0 Å². The Morgan fingerprint density at radius 2 is 1.42 bits per heavy atom. The molecule has 2 aromatic carbocycles. The monoisotopic (exact) mass is 372 g/mol. The van der Waals surface area contributed by atoms with Crippen molar-refractivity contribution in [3.05, 3.63) is 60.2 Å². The molecule has 26 heavy (non-hydrogen) atoms. The van der Waals surface area contributed by atoms with Crippen molar-refractivity contribution in [3.63, 3.8) is 0 Å². The van der Waals surface area contributed by atoms with Gasteiger partial charge in [0, 0.05) is 49.7 Å². The number of benzene rings is 2. The molecular formula is C21H29ClN4. The van der Waals surface area contributed by atoms with E-state index in [4.69, 9.17) is 5.73 Å². The van der Waals surface area contributed by atoms with E-state index in [9.17, 15) is 0 Å². The number of nitrogens with zero attached hydrogens (tertiary/aromatic N) is 3. The van der Waals surface area contributed by atoms with E-state index in [0.29, 0.717) is 5.84 Å². The van der Waals surface area contributed by atoms with Crippen molar-refractivity contribution in [1.82, 2.24) is 0 Å². The van der Waals surface area contributed by atoms with Crippen LogP contribution in [0.1, 0.15) is 25.3 Å². The Morgan fingerprint density at radius 3 is 1.96 bits per heavy atom. The number of para-hydroxylation sites is 1. The topological polar surface area (TPSA) is 44.9 Å².